The molecule has 2 aromatic heterocycles. The summed E-state index contributed by atoms with van der Waals surface area (Å²) in [7, 11) is 0. The molecule has 0 amide bonds. The van der Waals surface area contributed by atoms with Gasteiger partial charge in [-0.25, -0.2) is 14.5 Å². The van der Waals surface area contributed by atoms with Gasteiger partial charge in [-0.05, 0) is 37.8 Å². The molecule has 0 atom stereocenters. The maximum atomic E-state index is 13.2. The van der Waals surface area contributed by atoms with Crippen molar-refractivity contribution in [1.82, 2.24) is 9.78 Å². The molecule has 4 rings (SSSR count). The third-order valence-electron chi connectivity index (χ3n) is 5.14. The molecule has 0 aliphatic heterocycles. The Morgan fingerprint density at radius 2 is 2.00 bits per heavy atom. The molecule has 0 aliphatic rings. The fourth-order valence-corrected chi connectivity index (χ4v) is 4.52. The standard InChI is InChI=1S/C24H20N4O3S/c1-4-31-24(30)21-14(2)18(12-25)22(32-21)26-13-19-15(3)27-28(23(19)29)20-11-7-9-16-8-5-6-10-17(16)20/h5-11,13,27H,4H2,1-3H3. The van der Waals surface area contributed by atoms with E-state index in [1.807, 2.05) is 42.5 Å². The number of rotatable bonds is 5. The fraction of sp³-hybridized carbons (Fsp3) is 0.167. The van der Waals surface area contributed by atoms with Crippen molar-refractivity contribution in [3.63, 3.8) is 0 Å². The van der Waals surface area contributed by atoms with E-state index in [4.69, 9.17) is 4.74 Å². The first kappa shape index (κ1) is 21.3. The molecule has 0 spiro atoms. The number of nitrogens with one attached hydrogen (secondary N) is 1. The molecule has 8 heteroatoms. The summed E-state index contributed by atoms with van der Waals surface area (Å²) in [5, 5.41) is 15.0. The van der Waals surface area contributed by atoms with Gasteiger partial charge in [-0.1, -0.05) is 36.4 Å². The van der Waals surface area contributed by atoms with Crippen molar-refractivity contribution in [3.05, 3.63) is 80.1 Å². The summed E-state index contributed by atoms with van der Waals surface area (Å²) in [5.41, 5.74) is 2.35. The normalized spacial score (nSPS) is 11.2. The van der Waals surface area contributed by atoms with Gasteiger partial charge in [-0.15, -0.1) is 11.3 Å². The molecule has 160 valence electrons. The molecule has 1 N–H and O–H groups in total. The topological polar surface area (TPSA) is 100 Å². The van der Waals surface area contributed by atoms with E-state index in [0.717, 1.165) is 27.8 Å². The van der Waals surface area contributed by atoms with Gasteiger partial charge in [0.1, 0.15) is 15.9 Å². The van der Waals surface area contributed by atoms with Crippen LogP contribution in [0.3, 0.4) is 0 Å². The molecule has 0 saturated heterocycles. The number of hydrogen-bond donors (Lipinski definition) is 1. The van der Waals surface area contributed by atoms with Crippen molar-refractivity contribution in [1.29, 1.82) is 5.26 Å². The zero-order valence-electron chi connectivity index (χ0n) is 17.8. The summed E-state index contributed by atoms with van der Waals surface area (Å²) in [6, 6.07) is 15.7. The van der Waals surface area contributed by atoms with Crippen LogP contribution in [0.5, 0.6) is 0 Å². The average Bonchev–Trinajstić information content (AvgIpc) is 3.27. The molecule has 0 aliphatic carbocycles. The van der Waals surface area contributed by atoms with Gasteiger partial charge in [0.15, 0.2) is 0 Å². The van der Waals surface area contributed by atoms with Crippen molar-refractivity contribution in [2.75, 3.05) is 6.61 Å². The number of carbonyl (C=O) groups excluding carboxylic acids is 1. The number of nitrogens with zero attached hydrogens (tertiary/aromatic N) is 3. The molecule has 0 saturated carbocycles. The monoisotopic (exact) mass is 444 g/mol. The van der Waals surface area contributed by atoms with E-state index in [1.165, 1.54) is 10.9 Å². The SMILES string of the molecule is CCOC(=O)c1sc(N=Cc2c(C)[nH]n(-c3cccc4ccccc34)c2=O)c(C#N)c1C. The minimum Gasteiger partial charge on any atom is -0.462 e. The number of fused-ring (bicyclic) bond motifs is 1. The van der Waals surface area contributed by atoms with Crippen LogP contribution in [0.4, 0.5) is 5.00 Å². The fourth-order valence-electron chi connectivity index (χ4n) is 3.52. The lowest BCUT2D eigenvalue weighted by atomic mass is 10.1. The highest BCUT2D eigenvalue weighted by atomic mass is 32.1. The van der Waals surface area contributed by atoms with Crippen LogP contribution in [0.1, 0.15) is 39.0 Å². The summed E-state index contributed by atoms with van der Waals surface area (Å²) >= 11 is 1.08. The van der Waals surface area contributed by atoms with E-state index in [1.54, 1.807) is 20.8 Å². The van der Waals surface area contributed by atoms with Crippen LogP contribution < -0.4 is 5.56 Å². The van der Waals surface area contributed by atoms with E-state index in [9.17, 15) is 14.9 Å². The number of esters is 1. The Kier molecular flexibility index (Phi) is 5.75. The Morgan fingerprint density at radius 3 is 2.75 bits per heavy atom. The number of aromatic nitrogens is 2. The quantitative estimate of drug-likeness (QED) is 0.353. The van der Waals surface area contributed by atoms with E-state index in [2.05, 4.69) is 16.2 Å². The number of ether oxygens (including phenoxy) is 1. The molecule has 0 fully saturated rings. The van der Waals surface area contributed by atoms with Crippen LogP contribution in [0.25, 0.3) is 16.5 Å². The van der Waals surface area contributed by atoms with Gasteiger partial charge in [-0.3, -0.25) is 9.89 Å². The maximum absolute atomic E-state index is 13.2. The molecule has 0 unspecified atom stereocenters. The highest BCUT2D eigenvalue weighted by Gasteiger charge is 2.21. The van der Waals surface area contributed by atoms with Crippen molar-refractivity contribution >= 4 is 39.3 Å². The summed E-state index contributed by atoms with van der Waals surface area (Å²) in [6.45, 7) is 5.45. The lowest BCUT2D eigenvalue weighted by Gasteiger charge is -2.06. The van der Waals surface area contributed by atoms with Crippen LogP contribution in [0.2, 0.25) is 0 Å². The summed E-state index contributed by atoms with van der Waals surface area (Å²) in [6.07, 6.45) is 1.44. The summed E-state index contributed by atoms with van der Waals surface area (Å²) in [4.78, 5) is 30.1. The third-order valence-corrected chi connectivity index (χ3v) is 6.32. The zero-order chi connectivity index (χ0) is 22.8. The molecule has 7 nitrogen and oxygen atoms in total. The molecule has 0 radical (unpaired) electrons. The van der Waals surface area contributed by atoms with Gasteiger partial charge >= 0.3 is 5.97 Å². The number of thiophene rings is 1. The van der Waals surface area contributed by atoms with Crippen LogP contribution >= 0.6 is 11.3 Å². The maximum Gasteiger partial charge on any atom is 0.348 e. The number of aromatic amines is 1. The molecule has 2 aromatic carbocycles. The van der Waals surface area contributed by atoms with Crippen LogP contribution in [0.15, 0.2) is 52.3 Å². The highest BCUT2D eigenvalue weighted by Crippen LogP contribution is 2.35. The van der Waals surface area contributed by atoms with Crippen LogP contribution in [0, 0.1) is 25.2 Å². The number of hydrogen-bond acceptors (Lipinski definition) is 6. The Labute approximate surface area is 188 Å². The van der Waals surface area contributed by atoms with Gasteiger partial charge < -0.3 is 4.74 Å². The lowest BCUT2D eigenvalue weighted by molar-refractivity contribution is 0.0531. The van der Waals surface area contributed by atoms with Crippen LogP contribution in [-0.4, -0.2) is 28.6 Å². The van der Waals surface area contributed by atoms with Crippen molar-refractivity contribution < 1.29 is 9.53 Å². The minimum atomic E-state index is -0.482. The predicted octanol–water partition coefficient (Wildman–Crippen LogP) is 4.80. The van der Waals surface area contributed by atoms with Gasteiger partial charge in [0.25, 0.3) is 5.56 Å². The van der Waals surface area contributed by atoms with Crippen molar-refractivity contribution in [3.8, 4) is 11.8 Å². The van der Waals surface area contributed by atoms with Gasteiger partial charge in [-0.2, -0.15) is 5.26 Å². The Morgan fingerprint density at radius 1 is 1.25 bits per heavy atom. The Balaban J connectivity index is 1.77. The van der Waals surface area contributed by atoms with Gasteiger partial charge in [0.2, 0.25) is 0 Å². The molecular formula is C24H20N4O3S. The van der Waals surface area contributed by atoms with Crippen molar-refractivity contribution in [2.45, 2.75) is 20.8 Å². The second-order valence-electron chi connectivity index (χ2n) is 7.12. The number of carbonyl (C=O) groups is 1. The second-order valence-corrected chi connectivity index (χ2v) is 8.12. The number of benzene rings is 2. The first-order valence-corrected chi connectivity index (χ1v) is 10.8. The van der Waals surface area contributed by atoms with E-state index >= 15 is 0 Å². The van der Waals surface area contributed by atoms with E-state index in [0.29, 0.717) is 32.3 Å². The number of nitriles is 1. The largest absolute Gasteiger partial charge is 0.462 e. The zero-order valence-corrected chi connectivity index (χ0v) is 18.6. The van der Waals surface area contributed by atoms with Gasteiger partial charge in [0.05, 0.1) is 23.4 Å². The van der Waals surface area contributed by atoms with E-state index in [-0.39, 0.29) is 12.2 Å². The third kappa shape index (κ3) is 3.63. The molecular weight excluding hydrogens is 424 g/mol. The van der Waals surface area contributed by atoms with E-state index < -0.39 is 5.97 Å². The first-order valence-electron chi connectivity index (χ1n) is 10.0. The molecule has 32 heavy (non-hydrogen) atoms. The minimum absolute atomic E-state index is 0.243. The average molecular weight is 445 g/mol. The first-order chi connectivity index (χ1) is 15.5. The molecule has 0 bridgehead atoms. The Bertz CT molecular complexity index is 1460. The smallest absolute Gasteiger partial charge is 0.348 e. The Hall–Kier alpha value is -3.96. The lowest BCUT2D eigenvalue weighted by Crippen LogP contribution is -2.17. The summed E-state index contributed by atoms with van der Waals surface area (Å²) < 4.78 is 6.56. The highest BCUT2D eigenvalue weighted by molar-refractivity contribution is 7.18. The van der Waals surface area contributed by atoms with Crippen LogP contribution in [-0.2, 0) is 4.74 Å². The molecule has 4 aromatic rings. The van der Waals surface area contributed by atoms with Crippen molar-refractivity contribution in [2.24, 2.45) is 4.99 Å². The number of aryl methyl sites for hydroxylation is 1. The number of H-pyrrole nitrogens is 1. The second kappa shape index (κ2) is 8.65. The van der Waals surface area contributed by atoms with Gasteiger partial charge in [0, 0.05) is 17.3 Å². The molecule has 2 heterocycles. The number of aliphatic imine (C=N–C) groups is 1. The predicted molar refractivity (Wildman–Crippen MR) is 126 cm³/mol. The summed E-state index contributed by atoms with van der Waals surface area (Å²) in [5.74, 6) is -0.482.